The second kappa shape index (κ2) is 9.55. The average Bonchev–Trinajstić information content (AvgIpc) is 2.65. The lowest BCUT2D eigenvalue weighted by Crippen LogP contribution is -2.42. The third-order valence-electron chi connectivity index (χ3n) is 4.07. The van der Waals surface area contributed by atoms with Gasteiger partial charge in [-0.1, -0.05) is 36.4 Å². The van der Waals surface area contributed by atoms with Crippen molar-refractivity contribution in [2.75, 3.05) is 5.32 Å². The molecule has 0 bridgehead atoms. The van der Waals surface area contributed by atoms with Gasteiger partial charge in [-0.25, -0.2) is 9.59 Å². The first kappa shape index (κ1) is 21.0. The normalized spacial score (nSPS) is 11.6. The predicted octanol–water partition coefficient (Wildman–Crippen LogP) is 3.33. The van der Waals surface area contributed by atoms with E-state index >= 15 is 0 Å². The number of rotatable bonds is 7. The van der Waals surface area contributed by atoms with Crippen LogP contribution in [0.25, 0.3) is 0 Å². The molecule has 7 nitrogen and oxygen atoms in total. The highest BCUT2D eigenvalue weighted by atomic mass is 16.4. The first-order chi connectivity index (χ1) is 13.3. The monoisotopic (exact) mass is 383 g/mol. The number of anilines is 1. The van der Waals surface area contributed by atoms with Crippen molar-refractivity contribution in [2.45, 2.75) is 39.4 Å². The average molecular weight is 383 g/mol. The highest BCUT2D eigenvalue weighted by Crippen LogP contribution is 2.17. The first-order valence-electron chi connectivity index (χ1n) is 9.03. The van der Waals surface area contributed by atoms with Gasteiger partial charge in [0.05, 0.1) is 0 Å². The summed E-state index contributed by atoms with van der Waals surface area (Å²) in [5, 5.41) is 14.8. The van der Waals surface area contributed by atoms with Crippen molar-refractivity contribution in [3.8, 4) is 0 Å². The molecule has 2 aromatic carbocycles. The zero-order chi connectivity index (χ0) is 20.7. The number of hydrogen-bond acceptors (Lipinski definition) is 3. The van der Waals surface area contributed by atoms with Gasteiger partial charge in [0.2, 0.25) is 0 Å². The Morgan fingerprint density at radius 3 is 2.29 bits per heavy atom. The molecule has 0 heterocycles. The molecular formula is C21H25N3O4. The van der Waals surface area contributed by atoms with Crippen LogP contribution in [0.5, 0.6) is 0 Å². The number of carbonyl (C=O) groups is 3. The Morgan fingerprint density at radius 2 is 1.68 bits per heavy atom. The maximum Gasteiger partial charge on any atom is 0.326 e. The van der Waals surface area contributed by atoms with Crippen molar-refractivity contribution >= 4 is 23.6 Å². The molecule has 7 heteroatoms. The maximum atomic E-state index is 13.0. The molecule has 0 aromatic heterocycles. The molecule has 1 unspecified atom stereocenters. The summed E-state index contributed by atoms with van der Waals surface area (Å²) in [4.78, 5) is 37.7. The molecule has 28 heavy (non-hydrogen) atoms. The van der Waals surface area contributed by atoms with E-state index in [0.29, 0.717) is 11.3 Å². The number of nitrogens with one attached hydrogen (secondary N) is 2. The Balaban J connectivity index is 2.24. The zero-order valence-electron chi connectivity index (χ0n) is 16.2. The van der Waals surface area contributed by atoms with E-state index in [4.69, 9.17) is 0 Å². The number of aliphatic carboxylic acids is 1. The molecule has 2 rings (SSSR count). The summed E-state index contributed by atoms with van der Waals surface area (Å²) in [6.45, 7) is 5.32. The highest BCUT2D eigenvalue weighted by Gasteiger charge is 2.26. The lowest BCUT2D eigenvalue weighted by atomic mass is 10.1. The minimum absolute atomic E-state index is 0.0254. The number of benzene rings is 2. The number of urea groups is 1. The highest BCUT2D eigenvalue weighted by molar-refractivity contribution is 5.98. The molecule has 0 aliphatic heterocycles. The van der Waals surface area contributed by atoms with Gasteiger partial charge >= 0.3 is 12.0 Å². The molecule has 0 aliphatic carbocycles. The van der Waals surface area contributed by atoms with E-state index in [1.165, 1.54) is 17.9 Å². The van der Waals surface area contributed by atoms with Gasteiger partial charge in [0.25, 0.3) is 5.91 Å². The molecule has 0 saturated heterocycles. The molecule has 0 aliphatic rings. The standard InChI is InChI=1S/C21H25N3O4/c1-14(2)22-21(28)23-18-11-7-10-17(12-18)19(25)24(15(3)20(26)27)13-16-8-5-4-6-9-16/h4-12,14-15H,13H2,1-3H3,(H,26,27)(H2,22,23,28). The number of hydrogen-bond donors (Lipinski definition) is 3. The third-order valence-corrected chi connectivity index (χ3v) is 4.07. The topological polar surface area (TPSA) is 98.7 Å². The van der Waals surface area contributed by atoms with Crippen LogP contribution in [0.15, 0.2) is 54.6 Å². The summed E-state index contributed by atoms with van der Waals surface area (Å²) in [5.74, 6) is -1.51. The molecule has 1 atom stereocenters. The van der Waals surface area contributed by atoms with Crippen LogP contribution >= 0.6 is 0 Å². The van der Waals surface area contributed by atoms with Gasteiger partial charge in [-0.15, -0.1) is 0 Å². The first-order valence-corrected chi connectivity index (χ1v) is 9.03. The molecule has 2 aromatic rings. The summed E-state index contributed by atoms with van der Waals surface area (Å²) in [6.07, 6.45) is 0. The van der Waals surface area contributed by atoms with Crippen LogP contribution in [-0.2, 0) is 11.3 Å². The van der Waals surface area contributed by atoms with Gasteiger partial charge in [-0.2, -0.15) is 0 Å². The van der Waals surface area contributed by atoms with Crippen LogP contribution in [-0.4, -0.2) is 40.0 Å². The number of carboxylic acid groups (broad SMARTS) is 1. The largest absolute Gasteiger partial charge is 0.480 e. The second-order valence-corrected chi connectivity index (χ2v) is 6.77. The van der Waals surface area contributed by atoms with E-state index in [-0.39, 0.29) is 18.6 Å². The van der Waals surface area contributed by atoms with Crippen molar-refractivity contribution in [3.63, 3.8) is 0 Å². The summed E-state index contributed by atoms with van der Waals surface area (Å²) in [6, 6.07) is 14.2. The minimum atomic E-state index is -1.09. The summed E-state index contributed by atoms with van der Waals surface area (Å²) >= 11 is 0. The number of carbonyl (C=O) groups excluding carboxylic acids is 2. The molecule has 148 valence electrons. The third kappa shape index (κ3) is 5.84. The van der Waals surface area contributed by atoms with E-state index in [0.717, 1.165) is 5.56 Å². The van der Waals surface area contributed by atoms with Crippen molar-refractivity contribution in [3.05, 3.63) is 65.7 Å². The van der Waals surface area contributed by atoms with Crippen LogP contribution in [0.3, 0.4) is 0 Å². The Bertz CT molecular complexity index is 837. The van der Waals surface area contributed by atoms with E-state index in [9.17, 15) is 19.5 Å². The number of amides is 3. The van der Waals surface area contributed by atoms with Crippen LogP contribution in [0.1, 0.15) is 36.7 Å². The van der Waals surface area contributed by atoms with Crippen LogP contribution in [0.4, 0.5) is 10.5 Å². The molecule has 3 amide bonds. The lowest BCUT2D eigenvalue weighted by Gasteiger charge is -2.27. The van der Waals surface area contributed by atoms with E-state index in [2.05, 4.69) is 10.6 Å². The van der Waals surface area contributed by atoms with Crippen LogP contribution < -0.4 is 10.6 Å². The van der Waals surface area contributed by atoms with Gasteiger partial charge in [-0.05, 0) is 44.5 Å². The van der Waals surface area contributed by atoms with Crippen molar-refractivity contribution < 1.29 is 19.5 Å². The smallest absolute Gasteiger partial charge is 0.326 e. The van der Waals surface area contributed by atoms with Crippen LogP contribution in [0, 0.1) is 0 Å². The molecule has 0 spiro atoms. The van der Waals surface area contributed by atoms with Crippen molar-refractivity contribution in [1.29, 1.82) is 0 Å². The SMILES string of the molecule is CC(C)NC(=O)Nc1cccc(C(=O)N(Cc2ccccc2)C(C)C(=O)O)c1. The Labute approximate surface area is 164 Å². The zero-order valence-corrected chi connectivity index (χ0v) is 16.2. The lowest BCUT2D eigenvalue weighted by molar-refractivity contribution is -0.141. The van der Waals surface area contributed by atoms with Crippen LogP contribution in [0.2, 0.25) is 0 Å². The minimum Gasteiger partial charge on any atom is -0.480 e. The Hall–Kier alpha value is -3.35. The van der Waals surface area contributed by atoms with Crippen molar-refractivity contribution in [1.82, 2.24) is 10.2 Å². The maximum absolute atomic E-state index is 13.0. The van der Waals surface area contributed by atoms with Crippen molar-refractivity contribution in [2.24, 2.45) is 0 Å². The number of nitrogens with zero attached hydrogens (tertiary/aromatic N) is 1. The Kier molecular flexibility index (Phi) is 7.14. The number of carboxylic acids is 1. The summed E-state index contributed by atoms with van der Waals surface area (Å²) in [7, 11) is 0. The fraction of sp³-hybridized carbons (Fsp3) is 0.286. The fourth-order valence-corrected chi connectivity index (χ4v) is 2.62. The van der Waals surface area contributed by atoms with Gasteiger partial charge in [0.1, 0.15) is 6.04 Å². The second-order valence-electron chi connectivity index (χ2n) is 6.77. The Morgan fingerprint density at radius 1 is 1.00 bits per heavy atom. The van der Waals surface area contributed by atoms with E-state index in [1.54, 1.807) is 18.2 Å². The molecule has 0 saturated carbocycles. The molecule has 0 radical (unpaired) electrons. The molecule has 0 fully saturated rings. The van der Waals surface area contributed by atoms with E-state index in [1.807, 2.05) is 44.2 Å². The summed E-state index contributed by atoms with van der Waals surface area (Å²) < 4.78 is 0. The van der Waals surface area contributed by atoms with Gasteiger partial charge in [0.15, 0.2) is 0 Å². The van der Waals surface area contributed by atoms with E-state index < -0.39 is 17.9 Å². The van der Waals surface area contributed by atoms with Gasteiger partial charge < -0.3 is 20.6 Å². The molecular weight excluding hydrogens is 358 g/mol. The molecule has 3 N–H and O–H groups in total. The van der Waals surface area contributed by atoms with Gasteiger partial charge in [-0.3, -0.25) is 4.79 Å². The van der Waals surface area contributed by atoms with Gasteiger partial charge in [0, 0.05) is 23.8 Å². The fourth-order valence-electron chi connectivity index (χ4n) is 2.62. The predicted molar refractivity (Wildman–Crippen MR) is 107 cm³/mol. The summed E-state index contributed by atoms with van der Waals surface area (Å²) in [5.41, 5.74) is 1.58. The quantitative estimate of drug-likeness (QED) is 0.683.